The van der Waals surface area contributed by atoms with Crippen LogP contribution >= 0.6 is 0 Å². The highest BCUT2D eigenvalue weighted by Crippen LogP contribution is 2.25. The lowest BCUT2D eigenvalue weighted by Crippen LogP contribution is -1.81. The van der Waals surface area contributed by atoms with E-state index in [0.29, 0.717) is 0 Å². The first-order valence-electron chi connectivity index (χ1n) is 5.35. The predicted octanol–water partition coefficient (Wildman–Crippen LogP) is 3.44. The second kappa shape index (κ2) is 3.49. The van der Waals surface area contributed by atoms with E-state index in [1.807, 2.05) is 36.7 Å². The third kappa shape index (κ3) is 1.23. The monoisotopic (exact) mass is 208 g/mol. The molecular weight excluding hydrogens is 196 g/mol. The van der Waals surface area contributed by atoms with Crippen LogP contribution in [0.4, 0.5) is 0 Å². The summed E-state index contributed by atoms with van der Waals surface area (Å²) in [7, 11) is 0. The van der Waals surface area contributed by atoms with E-state index in [-0.39, 0.29) is 0 Å². The third-order valence-corrected chi connectivity index (χ3v) is 2.88. The zero-order valence-corrected chi connectivity index (χ0v) is 8.90. The molecule has 0 amide bonds. The van der Waals surface area contributed by atoms with Gasteiger partial charge in [-0.05, 0) is 18.1 Å². The lowest BCUT2D eigenvalue weighted by Gasteiger charge is -1.99. The van der Waals surface area contributed by atoms with Crippen LogP contribution in [0, 0.1) is 0 Å². The summed E-state index contributed by atoms with van der Waals surface area (Å²) in [5.74, 6) is 0. The molecule has 0 fully saturated rings. The lowest BCUT2D eigenvalue weighted by molar-refractivity contribution is 1.29. The van der Waals surface area contributed by atoms with Crippen LogP contribution in [0.25, 0.3) is 21.8 Å². The maximum Gasteiger partial charge on any atom is 0.0723 e. The molecule has 1 aromatic carbocycles. The van der Waals surface area contributed by atoms with Crippen LogP contribution in [0.3, 0.4) is 0 Å². The number of hydrogen-bond donors (Lipinski definition) is 1. The van der Waals surface area contributed by atoms with Crippen LogP contribution < -0.4 is 0 Å². The number of nitrogens with zero attached hydrogens (tertiary/aromatic N) is 1. The first-order chi connectivity index (χ1) is 7.90. The molecule has 16 heavy (non-hydrogen) atoms. The maximum absolute atomic E-state index is 4.47. The zero-order chi connectivity index (χ0) is 11.0. The molecule has 2 nitrogen and oxygen atoms in total. The number of para-hydroxylation sites is 1. The Morgan fingerprint density at radius 1 is 1.25 bits per heavy atom. The Balaban J connectivity index is 2.40. The highest BCUT2D eigenvalue weighted by molar-refractivity contribution is 6.04. The fourth-order valence-corrected chi connectivity index (χ4v) is 2.10. The molecular formula is C14H12N2. The molecule has 0 aliphatic heterocycles. The molecule has 0 spiro atoms. The Morgan fingerprint density at radius 2 is 2.12 bits per heavy atom. The van der Waals surface area contributed by atoms with Gasteiger partial charge < -0.3 is 4.98 Å². The average molecular weight is 208 g/mol. The summed E-state index contributed by atoms with van der Waals surface area (Å²) < 4.78 is 0. The molecule has 0 aliphatic carbocycles. The van der Waals surface area contributed by atoms with Crippen molar-refractivity contribution >= 4 is 21.8 Å². The standard InChI is InChI=1S/C14H12N2/c1-2-5-10-8-16-14-11-6-3-4-7-13(11)15-9-12(10)14/h2-4,6-9,16H,1,5H2. The molecule has 0 unspecified atom stereocenters. The molecule has 2 heterocycles. The molecule has 0 atom stereocenters. The van der Waals surface area contributed by atoms with Crippen molar-refractivity contribution in [3.05, 3.63) is 54.9 Å². The third-order valence-electron chi connectivity index (χ3n) is 2.88. The van der Waals surface area contributed by atoms with Gasteiger partial charge in [0.2, 0.25) is 0 Å². The predicted molar refractivity (Wildman–Crippen MR) is 67.5 cm³/mol. The largest absolute Gasteiger partial charge is 0.360 e. The van der Waals surface area contributed by atoms with Gasteiger partial charge in [0.05, 0.1) is 11.0 Å². The van der Waals surface area contributed by atoms with Crippen molar-refractivity contribution in [3.8, 4) is 0 Å². The Kier molecular flexibility index (Phi) is 2.00. The molecule has 1 N–H and O–H groups in total. The first kappa shape index (κ1) is 9.16. The van der Waals surface area contributed by atoms with E-state index in [1.165, 1.54) is 21.9 Å². The number of aromatic amines is 1. The summed E-state index contributed by atoms with van der Waals surface area (Å²) in [6.07, 6.45) is 6.77. The number of aromatic nitrogens is 2. The van der Waals surface area contributed by atoms with E-state index >= 15 is 0 Å². The number of fused-ring (bicyclic) bond motifs is 3. The number of hydrogen-bond acceptors (Lipinski definition) is 1. The lowest BCUT2D eigenvalue weighted by atomic mass is 10.1. The molecule has 0 saturated carbocycles. The normalized spacial score (nSPS) is 11.0. The molecule has 3 rings (SSSR count). The number of rotatable bonds is 2. The highest BCUT2D eigenvalue weighted by atomic mass is 14.7. The van der Waals surface area contributed by atoms with Crippen molar-refractivity contribution in [1.29, 1.82) is 0 Å². The first-order valence-corrected chi connectivity index (χ1v) is 5.35. The van der Waals surface area contributed by atoms with Gasteiger partial charge in [-0.3, -0.25) is 4.98 Å². The van der Waals surface area contributed by atoms with E-state index in [9.17, 15) is 0 Å². The van der Waals surface area contributed by atoms with Crippen molar-refractivity contribution in [1.82, 2.24) is 9.97 Å². The number of pyridine rings is 1. The summed E-state index contributed by atoms with van der Waals surface area (Å²) >= 11 is 0. The SMILES string of the molecule is C=CCc1c[nH]c2c1cnc1ccccc12. The molecule has 78 valence electrons. The van der Waals surface area contributed by atoms with Crippen molar-refractivity contribution in [3.63, 3.8) is 0 Å². The van der Waals surface area contributed by atoms with Crippen LogP contribution in [-0.2, 0) is 6.42 Å². The number of benzene rings is 1. The quantitative estimate of drug-likeness (QED) is 0.642. The van der Waals surface area contributed by atoms with Crippen molar-refractivity contribution < 1.29 is 0 Å². The average Bonchev–Trinajstić information content (AvgIpc) is 2.73. The van der Waals surface area contributed by atoms with E-state index in [0.717, 1.165) is 11.9 Å². The Morgan fingerprint density at radius 3 is 3.00 bits per heavy atom. The molecule has 0 bridgehead atoms. The summed E-state index contributed by atoms with van der Waals surface area (Å²) in [6, 6.07) is 8.17. The van der Waals surface area contributed by atoms with Gasteiger partial charge in [0.25, 0.3) is 0 Å². The summed E-state index contributed by atoms with van der Waals surface area (Å²) in [5, 5.41) is 2.37. The van der Waals surface area contributed by atoms with Crippen LogP contribution in [0.5, 0.6) is 0 Å². The number of H-pyrrole nitrogens is 1. The molecule has 2 aromatic heterocycles. The van der Waals surface area contributed by atoms with Gasteiger partial charge in [-0.25, -0.2) is 0 Å². The van der Waals surface area contributed by atoms with Gasteiger partial charge in [-0.2, -0.15) is 0 Å². The van der Waals surface area contributed by atoms with Crippen molar-refractivity contribution in [2.24, 2.45) is 0 Å². The smallest absolute Gasteiger partial charge is 0.0723 e. The minimum absolute atomic E-state index is 0.875. The molecule has 3 aromatic rings. The molecule has 2 heteroatoms. The maximum atomic E-state index is 4.47. The van der Waals surface area contributed by atoms with Crippen LogP contribution in [0.2, 0.25) is 0 Å². The van der Waals surface area contributed by atoms with E-state index in [4.69, 9.17) is 0 Å². The van der Waals surface area contributed by atoms with Gasteiger partial charge in [0, 0.05) is 23.2 Å². The van der Waals surface area contributed by atoms with Crippen LogP contribution in [0.15, 0.2) is 49.3 Å². The van der Waals surface area contributed by atoms with Gasteiger partial charge in [-0.15, -0.1) is 6.58 Å². The van der Waals surface area contributed by atoms with Crippen LogP contribution in [0.1, 0.15) is 5.56 Å². The van der Waals surface area contributed by atoms with Gasteiger partial charge >= 0.3 is 0 Å². The Hall–Kier alpha value is -2.09. The minimum Gasteiger partial charge on any atom is -0.360 e. The van der Waals surface area contributed by atoms with E-state index < -0.39 is 0 Å². The van der Waals surface area contributed by atoms with Gasteiger partial charge in [-0.1, -0.05) is 24.3 Å². The van der Waals surface area contributed by atoms with Gasteiger partial charge in [0.1, 0.15) is 0 Å². The summed E-state index contributed by atoms with van der Waals surface area (Å²) in [5.41, 5.74) is 3.45. The van der Waals surface area contributed by atoms with E-state index in [1.54, 1.807) is 0 Å². The highest BCUT2D eigenvalue weighted by Gasteiger charge is 2.06. The molecule has 0 saturated heterocycles. The van der Waals surface area contributed by atoms with E-state index in [2.05, 4.69) is 22.6 Å². The number of allylic oxidation sites excluding steroid dienone is 1. The fraction of sp³-hybridized carbons (Fsp3) is 0.0714. The molecule has 0 aliphatic rings. The van der Waals surface area contributed by atoms with Crippen LogP contribution in [-0.4, -0.2) is 9.97 Å². The van der Waals surface area contributed by atoms with Crippen molar-refractivity contribution in [2.45, 2.75) is 6.42 Å². The summed E-state index contributed by atoms with van der Waals surface area (Å²) in [6.45, 7) is 3.77. The van der Waals surface area contributed by atoms with Gasteiger partial charge in [0.15, 0.2) is 0 Å². The summed E-state index contributed by atoms with van der Waals surface area (Å²) in [4.78, 5) is 7.80. The second-order valence-electron chi connectivity index (χ2n) is 3.87. The Bertz CT molecular complexity index is 665. The zero-order valence-electron chi connectivity index (χ0n) is 8.90. The Labute approximate surface area is 93.6 Å². The fourth-order valence-electron chi connectivity index (χ4n) is 2.10. The topological polar surface area (TPSA) is 28.7 Å². The second-order valence-corrected chi connectivity index (χ2v) is 3.87. The molecule has 0 radical (unpaired) electrons. The number of nitrogens with one attached hydrogen (secondary N) is 1. The van der Waals surface area contributed by atoms with Crippen molar-refractivity contribution in [2.75, 3.05) is 0 Å². The minimum atomic E-state index is 0.875.